The van der Waals surface area contributed by atoms with E-state index < -0.39 is 0 Å². The van der Waals surface area contributed by atoms with Crippen LogP contribution in [0.15, 0.2) is 35.1 Å². The van der Waals surface area contributed by atoms with E-state index >= 15 is 0 Å². The van der Waals surface area contributed by atoms with Crippen molar-refractivity contribution < 1.29 is 0 Å². The van der Waals surface area contributed by atoms with Gasteiger partial charge in [-0.1, -0.05) is 17.7 Å². The zero-order valence-corrected chi connectivity index (χ0v) is 12.5. The van der Waals surface area contributed by atoms with Gasteiger partial charge in [0.15, 0.2) is 0 Å². The summed E-state index contributed by atoms with van der Waals surface area (Å²) in [5.74, 6) is 0. The second-order valence-corrected chi connectivity index (χ2v) is 5.47. The average Bonchev–Trinajstić information content (AvgIpc) is 2.75. The first-order chi connectivity index (χ1) is 8.65. The number of hydrogen-bond donors (Lipinski definition) is 1. The molecule has 0 saturated carbocycles. The number of nitrogens with one attached hydrogen (secondary N) is 1. The maximum Gasteiger partial charge on any atom is 0.0551 e. The van der Waals surface area contributed by atoms with E-state index in [9.17, 15) is 0 Å². The van der Waals surface area contributed by atoms with Crippen molar-refractivity contribution in [2.75, 3.05) is 6.54 Å². The molecule has 2 rings (SSSR count). The molecule has 1 heterocycles. The van der Waals surface area contributed by atoms with E-state index in [1.807, 2.05) is 36.1 Å². The summed E-state index contributed by atoms with van der Waals surface area (Å²) >= 11 is 9.42. The molecule has 0 saturated heterocycles. The molecule has 0 aliphatic heterocycles. The van der Waals surface area contributed by atoms with Crippen molar-refractivity contribution in [3.63, 3.8) is 0 Å². The van der Waals surface area contributed by atoms with Gasteiger partial charge in [0.2, 0.25) is 0 Å². The van der Waals surface area contributed by atoms with Crippen molar-refractivity contribution in [1.82, 2.24) is 15.1 Å². The van der Waals surface area contributed by atoms with Crippen LogP contribution in [0.25, 0.3) is 0 Å². The van der Waals surface area contributed by atoms with Gasteiger partial charge < -0.3 is 5.32 Å². The monoisotopic (exact) mass is 327 g/mol. The topological polar surface area (TPSA) is 29.9 Å². The van der Waals surface area contributed by atoms with Crippen molar-refractivity contribution in [3.8, 4) is 0 Å². The molecule has 0 aliphatic carbocycles. The van der Waals surface area contributed by atoms with Gasteiger partial charge in [0, 0.05) is 23.8 Å². The molecule has 1 aromatic heterocycles. The third-order valence-electron chi connectivity index (χ3n) is 2.59. The highest BCUT2D eigenvalue weighted by atomic mass is 79.9. The number of hydrogen-bond acceptors (Lipinski definition) is 2. The predicted molar refractivity (Wildman–Crippen MR) is 77.8 cm³/mol. The molecule has 0 fully saturated rings. The highest BCUT2D eigenvalue weighted by Gasteiger charge is 1.99. The van der Waals surface area contributed by atoms with Crippen LogP contribution >= 0.6 is 27.5 Å². The second-order valence-electron chi connectivity index (χ2n) is 4.21. The van der Waals surface area contributed by atoms with Crippen molar-refractivity contribution in [3.05, 3.63) is 51.2 Å². The summed E-state index contributed by atoms with van der Waals surface area (Å²) in [5.41, 5.74) is 2.37. The van der Waals surface area contributed by atoms with E-state index in [2.05, 4.69) is 32.4 Å². The molecule has 0 bridgehead atoms. The van der Waals surface area contributed by atoms with Gasteiger partial charge in [0.05, 0.1) is 17.8 Å². The zero-order valence-electron chi connectivity index (χ0n) is 10.2. The van der Waals surface area contributed by atoms with Gasteiger partial charge in [-0.15, -0.1) is 0 Å². The Kier molecular flexibility index (Phi) is 4.80. The quantitative estimate of drug-likeness (QED) is 0.853. The molecule has 0 aliphatic rings. The van der Waals surface area contributed by atoms with E-state index in [-0.39, 0.29) is 0 Å². The smallest absolute Gasteiger partial charge is 0.0551 e. The third kappa shape index (κ3) is 3.83. The van der Waals surface area contributed by atoms with Crippen LogP contribution in [0.4, 0.5) is 0 Å². The second kappa shape index (κ2) is 6.36. The molecule has 2 aromatic rings. The first-order valence-corrected chi connectivity index (χ1v) is 6.96. The maximum atomic E-state index is 6.04. The number of aromatic nitrogens is 2. The Labute approximate surface area is 120 Å². The highest BCUT2D eigenvalue weighted by Crippen LogP contribution is 2.22. The number of rotatable bonds is 5. The first-order valence-electron chi connectivity index (χ1n) is 5.79. The number of benzene rings is 1. The fourth-order valence-electron chi connectivity index (χ4n) is 1.67. The lowest BCUT2D eigenvalue weighted by atomic mass is 10.2. The van der Waals surface area contributed by atoms with Gasteiger partial charge in [-0.05, 0) is 46.1 Å². The van der Waals surface area contributed by atoms with Crippen molar-refractivity contribution >= 4 is 27.5 Å². The van der Waals surface area contributed by atoms with Crippen molar-refractivity contribution in [1.29, 1.82) is 0 Å². The lowest BCUT2D eigenvalue weighted by Crippen LogP contribution is -2.19. The average molecular weight is 329 g/mol. The Morgan fingerprint density at radius 1 is 1.44 bits per heavy atom. The molecule has 96 valence electrons. The molecule has 1 aromatic carbocycles. The normalized spacial score (nSPS) is 10.8. The summed E-state index contributed by atoms with van der Waals surface area (Å²) in [5, 5.41) is 8.35. The van der Waals surface area contributed by atoms with Crippen LogP contribution < -0.4 is 5.32 Å². The predicted octanol–water partition coefficient (Wildman–Crippen LogP) is 3.40. The highest BCUT2D eigenvalue weighted by molar-refractivity contribution is 9.10. The SMILES string of the molecule is Cc1cnn(CCNCc2ccc(Br)c(Cl)c2)c1. The van der Waals surface area contributed by atoms with Crippen LogP contribution in [-0.4, -0.2) is 16.3 Å². The summed E-state index contributed by atoms with van der Waals surface area (Å²) in [4.78, 5) is 0. The van der Waals surface area contributed by atoms with E-state index in [0.29, 0.717) is 0 Å². The van der Waals surface area contributed by atoms with Gasteiger partial charge in [0.25, 0.3) is 0 Å². The van der Waals surface area contributed by atoms with E-state index in [1.54, 1.807) is 0 Å². The minimum Gasteiger partial charge on any atom is -0.311 e. The van der Waals surface area contributed by atoms with E-state index in [4.69, 9.17) is 11.6 Å². The Bertz CT molecular complexity index is 525. The summed E-state index contributed by atoms with van der Waals surface area (Å²) in [7, 11) is 0. The van der Waals surface area contributed by atoms with Crippen LogP contribution in [0.5, 0.6) is 0 Å². The molecule has 0 amide bonds. The fourth-order valence-corrected chi connectivity index (χ4v) is 2.11. The molecule has 0 radical (unpaired) electrons. The molecular weight excluding hydrogens is 314 g/mol. The van der Waals surface area contributed by atoms with Crippen LogP contribution in [0.3, 0.4) is 0 Å². The lowest BCUT2D eigenvalue weighted by molar-refractivity contribution is 0.554. The Hall–Kier alpha value is -0.840. The van der Waals surface area contributed by atoms with Crippen LogP contribution in [0.1, 0.15) is 11.1 Å². The fraction of sp³-hybridized carbons (Fsp3) is 0.308. The molecule has 3 nitrogen and oxygen atoms in total. The summed E-state index contributed by atoms with van der Waals surface area (Å²) < 4.78 is 2.87. The van der Waals surface area contributed by atoms with Crippen LogP contribution in [-0.2, 0) is 13.1 Å². The third-order valence-corrected chi connectivity index (χ3v) is 3.83. The van der Waals surface area contributed by atoms with Crippen LogP contribution in [0.2, 0.25) is 5.02 Å². The molecule has 5 heteroatoms. The molecule has 18 heavy (non-hydrogen) atoms. The molecule has 0 unspecified atom stereocenters. The van der Waals surface area contributed by atoms with Crippen LogP contribution in [0, 0.1) is 6.92 Å². The van der Waals surface area contributed by atoms with E-state index in [0.717, 1.165) is 29.1 Å². The zero-order chi connectivity index (χ0) is 13.0. The van der Waals surface area contributed by atoms with Gasteiger partial charge in [-0.3, -0.25) is 4.68 Å². The number of aryl methyl sites for hydroxylation is 1. The van der Waals surface area contributed by atoms with Gasteiger partial charge >= 0.3 is 0 Å². The largest absolute Gasteiger partial charge is 0.311 e. The minimum atomic E-state index is 0.747. The number of nitrogens with zero attached hydrogens (tertiary/aromatic N) is 2. The molecule has 0 atom stereocenters. The summed E-state index contributed by atoms with van der Waals surface area (Å²) in [6.45, 7) is 4.61. The molecule has 1 N–H and O–H groups in total. The standard InChI is InChI=1S/C13H15BrClN3/c1-10-7-17-18(9-10)5-4-16-8-11-2-3-12(14)13(15)6-11/h2-3,6-7,9,16H,4-5,8H2,1H3. The summed E-state index contributed by atoms with van der Waals surface area (Å²) in [6, 6.07) is 5.99. The number of halogens is 2. The van der Waals surface area contributed by atoms with E-state index in [1.165, 1.54) is 11.1 Å². The maximum absolute atomic E-state index is 6.04. The Morgan fingerprint density at radius 3 is 2.94 bits per heavy atom. The van der Waals surface area contributed by atoms with Gasteiger partial charge in [0.1, 0.15) is 0 Å². The van der Waals surface area contributed by atoms with Gasteiger partial charge in [-0.2, -0.15) is 5.10 Å². The lowest BCUT2D eigenvalue weighted by Gasteiger charge is -2.06. The minimum absolute atomic E-state index is 0.747. The molecular formula is C13H15BrClN3. The summed E-state index contributed by atoms with van der Waals surface area (Å²) in [6.07, 6.45) is 3.91. The van der Waals surface area contributed by atoms with Crippen molar-refractivity contribution in [2.24, 2.45) is 0 Å². The van der Waals surface area contributed by atoms with Gasteiger partial charge in [-0.25, -0.2) is 0 Å². The first kappa shape index (κ1) is 13.6. The molecule has 0 spiro atoms. The Morgan fingerprint density at radius 2 is 2.28 bits per heavy atom. The van der Waals surface area contributed by atoms with Crippen molar-refractivity contribution in [2.45, 2.75) is 20.0 Å². The Balaban J connectivity index is 1.76.